The molecule has 0 saturated heterocycles. The minimum absolute atomic E-state index is 0.0200. The largest absolute Gasteiger partial charge is 0.492 e. The Kier molecular flexibility index (Phi) is 5.17. The standard InChI is InChI=1S/C25H22FN7O3/c1-36-21-14(26)6-4-7-15(21)30-20-16-17-12(11-29-24(16)34)5-2-3-9-27-23-25(35)33-22-19(32-23)13(8-10-28-22)18(20)31-17/h2-4,6-8,10,12,30-31H,5,9,11H2,1H3,(H,27,32)(H,29,34)(H,28,33,35)/b3-2-. The highest BCUT2D eigenvalue weighted by Crippen LogP contribution is 2.43. The number of carbonyl (C=O) groups excluding carboxylic acids is 1. The molecule has 1 unspecified atom stereocenters. The lowest BCUT2D eigenvalue weighted by Gasteiger charge is -2.23. The van der Waals surface area contributed by atoms with Crippen molar-refractivity contribution in [2.75, 3.05) is 30.8 Å². The number of aromatic nitrogens is 4. The van der Waals surface area contributed by atoms with Crippen LogP contribution in [0.15, 0.2) is 47.4 Å². The zero-order valence-electron chi connectivity index (χ0n) is 19.2. The number of halogens is 1. The maximum Gasteiger partial charge on any atom is 0.292 e. The number of carbonyl (C=O) groups is 1. The lowest BCUT2D eigenvalue weighted by molar-refractivity contribution is 0.0941. The predicted octanol–water partition coefficient (Wildman–Crippen LogP) is 3.40. The molecule has 0 fully saturated rings. The summed E-state index contributed by atoms with van der Waals surface area (Å²) in [4.78, 5) is 40.8. The van der Waals surface area contributed by atoms with Gasteiger partial charge in [0.2, 0.25) is 0 Å². The van der Waals surface area contributed by atoms with Gasteiger partial charge in [-0.2, -0.15) is 0 Å². The second-order valence-electron chi connectivity index (χ2n) is 8.57. The van der Waals surface area contributed by atoms with Crippen molar-refractivity contribution in [3.8, 4) is 17.0 Å². The monoisotopic (exact) mass is 487 g/mol. The quantitative estimate of drug-likeness (QED) is 0.279. The van der Waals surface area contributed by atoms with Crippen molar-refractivity contribution in [1.29, 1.82) is 0 Å². The molecule has 0 saturated carbocycles. The van der Waals surface area contributed by atoms with E-state index in [1.54, 1.807) is 24.4 Å². The molecule has 5 heterocycles. The number of methoxy groups -OCH3 is 1. The van der Waals surface area contributed by atoms with Crippen LogP contribution in [0, 0.1) is 5.82 Å². The van der Waals surface area contributed by atoms with Gasteiger partial charge in [0.25, 0.3) is 11.5 Å². The molecule has 1 atom stereocenters. The molecular weight excluding hydrogens is 465 g/mol. The topological polar surface area (TPSA) is 137 Å². The molecular formula is C25H22FN7O3. The molecule has 0 aliphatic carbocycles. The van der Waals surface area contributed by atoms with Gasteiger partial charge in [-0.05, 0) is 24.6 Å². The smallest absolute Gasteiger partial charge is 0.292 e. The van der Waals surface area contributed by atoms with E-state index in [0.29, 0.717) is 58.9 Å². The van der Waals surface area contributed by atoms with Gasteiger partial charge in [0.1, 0.15) is 5.52 Å². The number of nitrogens with one attached hydrogen (secondary N) is 5. The lowest BCUT2D eigenvalue weighted by atomic mass is 9.93. The van der Waals surface area contributed by atoms with E-state index in [0.717, 1.165) is 5.69 Å². The van der Waals surface area contributed by atoms with Crippen LogP contribution in [0.5, 0.6) is 5.75 Å². The lowest BCUT2D eigenvalue weighted by Crippen LogP contribution is -2.34. The van der Waals surface area contributed by atoms with Gasteiger partial charge in [0.05, 0.1) is 29.7 Å². The Hall–Kier alpha value is -4.67. The average molecular weight is 487 g/mol. The Morgan fingerprint density at radius 2 is 2.03 bits per heavy atom. The van der Waals surface area contributed by atoms with Crippen molar-refractivity contribution >= 4 is 34.3 Å². The van der Waals surface area contributed by atoms with Crippen molar-refractivity contribution < 1.29 is 13.9 Å². The van der Waals surface area contributed by atoms with Crippen LogP contribution in [0.1, 0.15) is 28.4 Å². The number of allylic oxidation sites excluding steroid dienone is 1. The zero-order chi connectivity index (χ0) is 24.8. The van der Waals surface area contributed by atoms with Crippen LogP contribution in [0.4, 0.5) is 21.6 Å². The van der Waals surface area contributed by atoms with Crippen LogP contribution in [-0.2, 0) is 0 Å². The molecule has 2 aliphatic heterocycles. The van der Waals surface area contributed by atoms with Crippen LogP contribution < -0.4 is 26.2 Å². The van der Waals surface area contributed by atoms with Gasteiger partial charge >= 0.3 is 0 Å². The summed E-state index contributed by atoms with van der Waals surface area (Å²) in [6.07, 6.45) is 6.14. The van der Waals surface area contributed by atoms with Gasteiger partial charge in [0, 0.05) is 36.5 Å². The van der Waals surface area contributed by atoms with Crippen molar-refractivity contribution in [2.24, 2.45) is 0 Å². The van der Waals surface area contributed by atoms with Crippen molar-refractivity contribution in [2.45, 2.75) is 12.3 Å². The summed E-state index contributed by atoms with van der Waals surface area (Å²) in [6, 6.07) is 6.29. The van der Waals surface area contributed by atoms with Crippen molar-refractivity contribution in [3.05, 3.63) is 70.0 Å². The Morgan fingerprint density at radius 1 is 1.14 bits per heavy atom. The number of anilines is 3. The molecule has 3 aromatic heterocycles. The SMILES string of the molecule is COc1c(F)cccc1Nc1c2[nH]c3c1C(=O)NCC3C/C=C\CNc1nc3c-2ccnc3[nH]c1=O. The third-order valence-electron chi connectivity index (χ3n) is 6.44. The third-order valence-corrected chi connectivity index (χ3v) is 6.44. The fraction of sp³-hybridized carbons (Fsp3) is 0.200. The molecule has 1 amide bonds. The number of nitrogens with zero attached hydrogens (tertiary/aromatic N) is 2. The fourth-order valence-electron chi connectivity index (χ4n) is 4.75. The Bertz CT molecular complexity index is 1610. The van der Waals surface area contributed by atoms with Crippen LogP contribution in [0.2, 0.25) is 0 Å². The summed E-state index contributed by atoms with van der Waals surface area (Å²) in [7, 11) is 1.38. The molecule has 0 spiro atoms. The molecule has 10 nitrogen and oxygen atoms in total. The summed E-state index contributed by atoms with van der Waals surface area (Å²) in [5.74, 6) is -0.618. The third kappa shape index (κ3) is 3.47. The normalized spacial score (nSPS) is 17.4. The molecule has 2 aliphatic rings. The summed E-state index contributed by atoms with van der Waals surface area (Å²) in [6.45, 7) is 0.882. The van der Waals surface area contributed by atoms with Gasteiger partial charge in [-0.3, -0.25) is 9.59 Å². The molecule has 6 rings (SSSR count). The van der Waals surface area contributed by atoms with Crippen LogP contribution in [0.25, 0.3) is 22.4 Å². The van der Waals surface area contributed by atoms with E-state index in [9.17, 15) is 14.0 Å². The molecule has 36 heavy (non-hydrogen) atoms. The van der Waals surface area contributed by atoms with E-state index in [2.05, 4.69) is 35.9 Å². The summed E-state index contributed by atoms with van der Waals surface area (Å²) >= 11 is 0. The minimum atomic E-state index is -0.535. The Labute approximate surface area is 204 Å². The number of benzene rings is 1. The maximum atomic E-state index is 14.5. The van der Waals surface area contributed by atoms with E-state index in [1.807, 2.05) is 12.2 Å². The number of fused-ring (bicyclic) bond motifs is 3. The summed E-state index contributed by atoms with van der Waals surface area (Å²) < 4.78 is 19.8. The Balaban J connectivity index is 1.66. The van der Waals surface area contributed by atoms with E-state index in [-0.39, 0.29) is 29.0 Å². The number of amides is 1. The average Bonchev–Trinajstić information content (AvgIpc) is 3.25. The number of rotatable bonds is 3. The molecule has 182 valence electrons. The van der Waals surface area contributed by atoms with Crippen LogP contribution in [0.3, 0.4) is 0 Å². The number of hydrogen-bond acceptors (Lipinski definition) is 7. The first kappa shape index (κ1) is 21.8. The zero-order valence-corrected chi connectivity index (χ0v) is 19.2. The van der Waals surface area contributed by atoms with Gasteiger partial charge in [-0.15, -0.1) is 0 Å². The second-order valence-corrected chi connectivity index (χ2v) is 8.57. The minimum Gasteiger partial charge on any atom is -0.492 e. The fourth-order valence-corrected chi connectivity index (χ4v) is 4.75. The van der Waals surface area contributed by atoms with Crippen LogP contribution in [-0.4, -0.2) is 46.0 Å². The van der Waals surface area contributed by atoms with Gasteiger partial charge < -0.3 is 30.7 Å². The van der Waals surface area contributed by atoms with Crippen LogP contribution >= 0.6 is 0 Å². The second kappa shape index (κ2) is 8.52. The molecule has 4 aromatic rings. The van der Waals surface area contributed by atoms with E-state index in [1.165, 1.54) is 13.2 Å². The van der Waals surface area contributed by atoms with E-state index < -0.39 is 5.82 Å². The number of H-pyrrole nitrogens is 2. The number of ether oxygens (including phenoxy) is 1. The summed E-state index contributed by atoms with van der Waals surface area (Å²) in [5, 5.41) is 9.27. The number of pyridine rings is 1. The number of aromatic amines is 2. The molecule has 11 heteroatoms. The van der Waals surface area contributed by atoms with Crippen molar-refractivity contribution in [3.63, 3.8) is 0 Å². The molecule has 4 bridgehead atoms. The first-order chi connectivity index (χ1) is 17.5. The highest BCUT2D eigenvalue weighted by molar-refractivity contribution is 6.08. The highest BCUT2D eigenvalue weighted by Gasteiger charge is 2.33. The van der Waals surface area contributed by atoms with Gasteiger partial charge in [-0.25, -0.2) is 14.4 Å². The van der Waals surface area contributed by atoms with Crippen molar-refractivity contribution in [1.82, 2.24) is 25.3 Å². The van der Waals surface area contributed by atoms with E-state index in [4.69, 9.17) is 4.74 Å². The Morgan fingerprint density at radius 3 is 2.89 bits per heavy atom. The highest BCUT2D eigenvalue weighted by atomic mass is 19.1. The maximum absolute atomic E-state index is 14.5. The molecule has 0 radical (unpaired) electrons. The summed E-state index contributed by atoms with van der Waals surface area (Å²) in [5.41, 5.74) is 3.54. The molecule has 5 N–H and O–H groups in total. The predicted molar refractivity (Wildman–Crippen MR) is 134 cm³/mol. The van der Waals surface area contributed by atoms with Gasteiger partial charge in [0.15, 0.2) is 23.0 Å². The van der Waals surface area contributed by atoms with E-state index >= 15 is 0 Å². The van der Waals surface area contributed by atoms with Gasteiger partial charge in [-0.1, -0.05) is 18.2 Å². The first-order valence-corrected chi connectivity index (χ1v) is 11.5. The molecule has 1 aromatic carbocycles. The number of hydrogen-bond donors (Lipinski definition) is 5. The first-order valence-electron chi connectivity index (χ1n) is 11.5. The number of para-hydroxylation sites is 1.